The van der Waals surface area contributed by atoms with Crippen LogP contribution in [-0.4, -0.2) is 33.1 Å². The van der Waals surface area contributed by atoms with Gasteiger partial charge in [-0.3, -0.25) is 0 Å². The van der Waals surface area contributed by atoms with E-state index in [1.807, 2.05) is 24.3 Å². The molecule has 5 heteroatoms. The van der Waals surface area contributed by atoms with Gasteiger partial charge in [-0.25, -0.2) is 8.42 Å². The van der Waals surface area contributed by atoms with Crippen molar-refractivity contribution >= 4 is 9.84 Å². The first kappa shape index (κ1) is 14.5. The van der Waals surface area contributed by atoms with E-state index in [1.54, 1.807) is 7.11 Å². The summed E-state index contributed by atoms with van der Waals surface area (Å²) in [6.45, 7) is 1.81. The smallest absolute Gasteiger partial charge is 0.154 e. The van der Waals surface area contributed by atoms with E-state index in [9.17, 15) is 8.42 Å². The SMILES string of the molecule is COCc1ccccc1CNCC1CCCS1(=O)=O. The Morgan fingerprint density at radius 1 is 1.32 bits per heavy atom. The van der Waals surface area contributed by atoms with Crippen LogP contribution >= 0.6 is 0 Å². The lowest BCUT2D eigenvalue weighted by Gasteiger charge is -2.13. The van der Waals surface area contributed by atoms with E-state index in [-0.39, 0.29) is 5.25 Å². The van der Waals surface area contributed by atoms with Gasteiger partial charge in [0.1, 0.15) is 0 Å². The summed E-state index contributed by atoms with van der Waals surface area (Å²) in [4.78, 5) is 0. The second-order valence-electron chi connectivity index (χ2n) is 4.96. The van der Waals surface area contributed by atoms with Crippen LogP contribution in [0.1, 0.15) is 24.0 Å². The molecule has 1 fully saturated rings. The highest BCUT2D eigenvalue weighted by molar-refractivity contribution is 7.92. The molecule has 1 atom stereocenters. The first-order valence-corrected chi connectivity index (χ1v) is 8.33. The van der Waals surface area contributed by atoms with Crippen molar-refractivity contribution < 1.29 is 13.2 Å². The normalized spacial score (nSPS) is 21.6. The Morgan fingerprint density at radius 3 is 2.68 bits per heavy atom. The lowest BCUT2D eigenvalue weighted by molar-refractivity contribution is 0.184. The Bertz CT molecular complexity index is 513. The molecule has 1 N–H and O–H groups in total. The third-order valence-corrected chi connectivity index (χ3v) is 5.84. The van der Waals surface area contributed by atoms with Crippen molar-refractivity contribution in [3.05, 3.63) is 35.4 Å². The van der Waals surface area contributed by atoms with E-state index < -0.39 is 9.84 Å². The summed E-state index contributed by atoms with van der Waals surface area (Å²) in [6, 6.07) is 8.05. The van der Waals surface area contributed by atoms with E-state index in [1.165, 1.54) is 5.56 Å². The Kier molecular flexibility index (Phi) is 4.96. The van der Waals surface area contributed by atoms with Crippen LogP contribution in [0.25, 0.3) is 0 Å². The number of rotatable bonds is 6. The highest BCUT2D eigenvalue weighted by Crippen LogP contribution is 2.19. The zero-order valence-corrected chi connectivity index (χ0v) is 12.1. The highest BCUT2D eigenvalue weighted by atomic mass is 32.2. The van der Waals surface area contributed by atoms with E-state index in [2.05, 4.69) is 5.32 Å². The van der Waals surface area contributed by atoms with Crippen molar-refractivity contribution in [3.8, 4) is 0 Å². The number of hydrogen-bond donors (Lipinski definition) is 1. The summed E-state index contributed by atoms with van der Waals surface area (Å²) in [5.41, 5.74) is 2.31. The molecule has 1 heterocycles. The van der Waals surface area contributed by atoms with Crippen LogP contribution in [0.4, 0.5) is 0 Å². The van der Waals surface area contributed by atoms with Crippen LogP contribution < -0.4 is 5.32 Å². The van der Waals surface area contributed by atoms with Gasteiger partial charge in [-0.05, 0) is 24.0 Å². The van der Waals surface area contributed by atoms with Gasteiger partial charge in [-0.2, -0.15) is 0 Å². The third kappa shape index (κ3) is 3.78. The number of sulfone groups is 1. The number of hydrogen-bond acceptors (Lipinski definition) is 4. The maximum atomic E-state index is 11.7. The fraction of sp³-hybridized carbons (Fsp3) is 0.571. The highest BCUT2D eigenvalue weighted by Gasteiger charge is 2.30. The minimum Gasteiger partial charge on any atom is -0.380 e. The average molecular weight is 283 g/mol. The zero-order valence-electron chi connectivity index (χ0n) is 11.3. The van der Waals surface area contributed by atoms with Crippen molar-refractivity contribution in [3.63, 3.8) is 0 Å². The van der Waals surface area contributed by atoms with E-state index in [0.29, 0.717) is 25.4 Å². The van der Waals surface area contributed by atoms with Crippen molar-refractivity contribution in [2.75, 3.05) is 19.4 Å². The number of nitrogens with one attached hydrogen (secondary N) is 1. The molecule has 0 aliphatic carbocycles. The minimum atomic E-state index is -2.85. The first-order chi connectivity index (χ1) is 9.13. The standard InChI is InChI=1S/C14H21NO3S/c1-18-11-13-6-3-2-5-12(13)9-15-10-14-7-4-8-19(14,16)17/h2-3,5-6,14-15H,4,7-11H2,1H3. The summed E-state index contributed by atoms with van der Waals surface area (Å²) < 4.78 is 28.6. The molecule has 19 heavy (non-hydrogen) atoms. The van der Waals surface area contributed by atoms with Crippen molar-refractivity contribution in [2.45, 2.75) is 31.2 Å². The molecule has 1 saturated heterocycles. The van der Waals surface area contributed by atoms with Gasteiger partial charge in [0.25, 0.3) is 0 Å². The number of ether oxygens (including phenoxy) is 1. The molecule has 0 amide bonds. The lowest BCUT2D eigenvalue weighted by Crippen LogP contribution is -2.30. The molecule has 2 rings (SSSR count). The van der Waals surface area contributed by atoms with E-state index in [0.717, 1.165) is 18.4 Å². The largest absolute Gasteiger partial charge is 0.380 e. The number of benzene rings is 1. The van der Waals surface area contributed by atoms with Gasteiger partial charge in [0, 0.05) is 20.2 Å². The van der Waals surface area contributed by atoms with Crippen LogP contribution in [-0.2, 0) is 27.7 Å². The molecular formula is C14H21NO3S. The fourth-order valence-electron chi connectivity index (χ4n) is 2.48. The second kappa shape index (κ2) is 6.50. The molecular weight excluding hydrogens is 262 g/mol. The third-order valence-electron chi connectivity index (χ3n) is 3.57. The van der Waals surface area contributed by atoms with Gasteiger partial charge in [-0.1, -0.05) is 24.3 Å². The summed E-state index contributed by atoms with van der Waals surface area (Å²) in [6.07, 6.45) is 1.59. The van der Waals surface area contributed by atoms with Crippen LogP contribution in [0.15, 0.2) is 24.3 Å². The second-order valence-corrected chi connectivity index (χ2v) is 7.36. The van der Waals surface area contributed by atoms with Gasteiger partial charge in [0.15, 0.2) is 9.84 Å². The van der Waals surface area contributed by atoms with Crippen molar-refractivity contribution in [1.29, 1.82) is 0 Å². The summed E-state index contributed by atoms with van der Waals surface area (Å²) in [7, 11) is -1.17. The van der Waals surface area contributed by atoms with Crippen molar-refractivity contribution in [2.24, 2.45) is 0 Å². The molecule has 1 aliphatic rings. The minimum absolute atomic E-state index is 0.206. The van der Waals surface area contributed by atoms with Gasteiger partial charge in [0.05, 0.1) is 17.6 Å². The Morgan fingerprint density at radius 2 is 2.05 bits per heavy atom. The van der Waals surface area contributed by atoms with Gasteiger partial charge in [-0.15, -0.1) is 0 Å². The van der Waals surface area contributed by atoms with Crippen molar-refractivity contribution in [1.82, 2.24) is 5.32 Å². The molecule has 0 spiro atoms. The molecule has 0 bridgehead atoms. The molecule has 4 nitrogen and oxygen atoms in total. The Labute approximate surface area is 115 Å². The topological polar surface area (TPSA) is 55.4 Å². The van der Waals surface area contributed by atoms with Crippen LogP contribution in [0.2, 0.25) is 0 Å². The summed E-state index contributed by atoms with van der Waals surface area (Å²) >= 11 is 0. The molecule has 1 aliphatic heterocycles. The monoisotopic (exact) mass is 283 g/mol. The fourth-order valence-corrected chi connectivity index (χ4v) is 4.28. The Hall–Kier alpha value is -0.910. The maximum Gasteiger partial charge on any atom is 0.154 e. The van der Waals surface area contributed by atoms with E-state index >= 15 is 0 Å². The van der Waals surface area contributed by atoms with Gasteiger partial charge in [0.2, 0.25) is 0 Å². The Balaban J connectivity index is 1.89. The molecule has 106 valence electrons. The predicted molar refractivity (Wildman–Crippen MR) is 75.7 cm³/mol. The maximum absolute atomic E-state index is 11.7. The van der Waals surface area contributed by atoms with Crippen LogP contribution in [0.5, 0.6) is 0 Å². The molecule has 1 unspecified atom stereocenters. The van der Waals surface area contributed by atoms with Crippen LogP contribution in [0.3, 0.4) is 0 Å². The quantitative estimate of drug-likeness (QED) is 0.859. The summed E-state index contributed by atoms with van der Waals surface area (Å²) in [5.74, 6) is 0.347. The summed E-state index contributed by atoms with van der Waals surface area (Å²) in [5, 5.41) is 3.06. The van der Waals surface area contributed by atoms with Gasteiger partial charge < -0.3 is 10.1 Å². The van der Waals surface area contributed by atoms with E-state index in [4.69, 9.17) is 4.74 Å². The number of methoxy groups -OCH3 is 1. The van der Waals surface area contributed by atoms with Crippen LogP contribution in [0, 0.1) is 0 Å². The van der Waals surface area contributed by atoms with Gasteiger partial charge >= 0.3 is 0 Å². The molecule has 0 aromatic heterocycles. The molecule has 1 aromatic carbocycles. The average Bonchev–Trinajstić information content (AvgIpc) is 2.71. The zero-order chi connectivity index (χ0) is 13.7. The molecule has 1 aromatic rings. The predicted octanol–water partition coefficient (Wildman–Crippen LogP) is 1.50. The molecule has 0 saturated carbocycles. The lowest BCUT2D eigenvalue weighted by atomic mass is 10.1. The first-order valence-electron chi connectivity index (χ1n) is 6.61. The molecule has 0 radical (unpaired) electrons.